The molecule has 30 heavy (non-hydrogen) atoms. The van der Waals surface area contributed by atoms with E-state index in [0.29, 0.717) is 28.9 Å². The van der Waals surface area contributed by atoms with Crippen LogP contribution < -0.4 is 5.32 Å². The quantitative estimate of drug-likeness (QED) is 0.634. The number of rotatable bonds is 3. The summed E-state index contributed by atoms with van der Waals surface area (Å²) in [5.41, 5.74) is 1.42. The number of pyridine rings is 1. The number of hydrogen-bond acceptors (Lipinski definition) is 5. The van der Waals surface area contributed by atoms with Crippen molar-refractivity contribution in [3.05, 3.63) is 67.2 Å². The fourth-order valence-corrected chi connectivity index (χ4v) is 4.78. The number of halogens is 1. The van der Waals surface area contributed by atoms with Crippen LogP contribution in [-0.4, -0.2) is 37.5 Å². The number of aromatic nitrogens is 3. The summed E-state index contributed by atoms with van der Waals surface area (Å²) in [6.45, 7) is 8.12. The molecule has 2 N–H and O–H groups in total. The van der Waals surface area contributed by atoms with Gasteiger partial charge in [0.2, 0.25) is 0 Å². The third-order valence-corrected chi connectivity index (χ3v) is 6.39. The Hall–Kier alpha value is -3.12. The second kappa shape index (κ2) is 6.44. The normalized spacial score (nSPS) is 30.0. The van der Waals surface area contributed by atoms with Crippen LogP contribution in [0.2, 0.25) is 0 Å². The van der Waals surface area contributed by atoms with Gasteiger partial charge in [-0.2, -0.15) is 5.10 Å². The number of alkyl halides is 1. The third-order valence-electron chi connectivity index (χ3n) is 6.39. The zero-order valence-corrected chi connectivity index (χ0v) is 16.9. The Bertz CT molecular complexity index is 1190. The maximum atomic E-state index is 15.3. The van der Waals surface area contributed by atoms with E-state index in [9.17, 15) is 5.11 Å². The van der Waals surface area contributed by atoms with Crippen LogP contribution >= 0.6 is 0 Å². The molecule has 0 saturated carbocycles. The van der Waals surface area contributed by atoms with Crippen molar-refractivity contribution in [3.63, 3.8) is 0 Å². The van der Waals surface area contributed by atoms with Gasteiger partial charge in [0, 0.05) is 34.8 Å². The molecule has 2 aromatic heterocycles. The van der Waals surface area contributed by atoms with Crippen molar-refractivity contribution in [2.75, 3.05) is 0 Å². The van der Waals surface area contributed by atoms with Gasteiger partial charge in [-0.25, -0.2) is 4.39 Å². The Morgan fingerprint density at radius 1 is 1.17 bits per heavy atom. The van der Waals surface area contributed by atoms with Crippen LogP contribution in [0.3, 0.4) is 0 Å². The van der Waals surface area contributed by atoms with E-state index in [1.807, 2.05) is 25.1 Å². The standard InChI is InChI=1S/C24H23FN4O/c1-14(18-12-23(2)7-8-24(3,29-23)22(18)25)19-4-5-20(28-27-19)17-10-15-6-9-26-13-16(15)11-21(17)30/h4-11,13,18,22,29-30H,1,12H2,2-3H3/t18-,22-,23+,24-/m1/s1. The van der Waals surface area contributed by atoms with Crippen molar-refractivity contribution in [1.29, 1.82) is 0 Å². The first-order valence-corrected chi connectivity index (χ1v) is 10.0. The number of piperidine rings is 1. The minimum Gasteiger partial charge on any atom is -0.507 e. The Morgan fingerprint density at radius 3 is 2.77 bits per heavy atom. The van der Waals surface area contributed by atoms with E-state index < -0.39 is 11.7 Å². The number of allylic oxidation sites excluding steroid dienone is 1. The van der Waals surface area contributed by atoms with Gasteiger partial charge in [-0.05, 0) is 61.6 Å². The fraction of sp³-hybridized carbons (Fsp3) is 0.292. The Labute approximate surface area is 174 Å². The molecule has 0 aliphatic carbocycles. The molecule has 1 aromatic carbocycles. The molecule has 1 fully saturated rings. The molecule has 4 atom stereocenters. The van der Waals surface area contributed by atoms with E-state index in [1.165, 1.54) is 0 Å². The zero-order valence-electron chi connectivity index (χ0n) is 16.9. The van der Waals surface area contributed by atoms with E-state index in [-0.39, 0.29) is 17.2 Å². The lowest BCUT2D eigenvalue weighted by molar-refractivity contribution is 0.0913. The molecular weight excluding hydrogens is 379 g/mol. The van der Waals surface area contributed by atoms with Crippen LogP contribution in [0, 0.1) is 5.92 Å². The summed E-state index contributed by atoms with van der Waals surface area (Å²) >= 11 is 0. The van der Waals surface area contributed by atoms with Gasteiger partial charge in [-0.15, -0.1) is 5.10 Å². The van der Waals surface area contributed by atoms with Gasteiger partial charge in [0.05, 0.1) is 16.9 Å². The number of benzene rings is 1. The largest absolute Gasteiger partial charge is 0.507 e. The fourth-order valence-electron chi connectivity index (χ4n) is 4.78. The monoisotopic (exact) mass is 402 g/mol. The van der Waals surface area contributed by atoms with Gasteiger partial charge in [-0.1, -0.05) is 18.7 Å². The second-order valence-corrected chi connectivity index (χ2v) is 8.79. The Balaban J connectivity index is 1.44. The lowest BCUT2D eigenvalue weighted by Gasteiger charge is -2.45. The molecule has 4 heterocycles. The summed E-state index contributed by atoms with van der Waals surface area (Å²) in [5.74, 6) is -0.236. The van der Waals surface area contributed by atoms with Gasteiger partial charge in [0.15, 0.2) is 0 Å². The van der Waals surface area contributed by atoms with Gasteiger partial charge in [0.1, 0.15) is 11.9 Å². The Morgan fingerprint density at radius 2 is 2.00 bits per heavy atom. The summed E-state index contributed by atoms with van der Waals surface area (Å²) in [7, 11) is 0. The molecule has 2 bridgehead atoms. The van der Waals surface area contributed by atoms with Crippen LogP contribution in [0.15, 0.2) is 61.5 Å². The van der Waals surface area contributed by atoms with Gasteiger partial charge < -0.3 is 5.11 Å². The highest BCUT2D eigenvalue weighted by Gasteiger charge is 2.52. The van der Waals surface area contributed by atoms with Gasteiger partial charge >= 0.3 is 0 Å². The van der Waals surface area contributed by atoms with Crippen molar-refractivity contribution in [1.82, 2.24) is 20.5 Å². The predicted octanol–water partition coefficient (Wildman–Crippen LogP) is 4.45. The van der Waals surface area contributed by atoms with Crippen LogP contribution in [0.25, 0.3) is 27.6 Å². The summed E-state index contributed by atoms with van der Waals surface area (Å²) < 4.78 is 15.3. The Kier molecular flexibility index (Phi) is 4.05. The molecule has 5 nitrogen and oxygen atoms in total. The van der Waals surface area contributed by atoms with Crippen LogP contribution in [0.5, 0.6) is 5.75 Å². The molecular formula is C24H23FN4O. The number of nitrogens with one attached hydrogen (secondary N) is 1. The van der Waals surface area contributed by atoms with Gasteiger partial charge in [0.25, 0.3) is 0 Å². The van der Waals surface area contributed by atoms with E-state index >= 15 is 4.39 Å². The highest BCUT2D eigenvalue weighted by molar-refractivity contribution is 5.89. The summed E-state index contributed by atoms with van der Waals surface area (Å²) in [6.07, 6.45) is 6.90. The summed E-state index contributed by atoms with van der Waals surface area (Å²) in [6, 6.07) is 9.00. The summed E-state index contributed by atoms with van der Waals surface area (Å²) in [4.78, 5) is 4.07. The van der Waals surface area contributed by atoms with Crippen molar-refractivity contribution >= 4 is 16.3 Å². The number of phenolic OH excluding ortho intramolecular Hbond substituents is 1. The molecule has 0 amide bonds. The third kappa shape index (κ3) is 2.91. The molecule has 0 spiro atoms. The van der Waals surface area contributed by atoms with Crippen LogP contribution in [-0.2, 0) is 0 Å². The maximum Gasteiger partial charge on any atom is 0.128 e. The molecule has 3 aromatic rings. The van der Waals surface area contributed by atoms with Crippen LogP contribution in [0.1, 0.15) is 26.0 Å². The number of phenols is 1. The second-order valence-electron chi connectivity index (χ2n) is 8.79. The van der Waals surface area contributed by atoms with Crippen molar-refractivity contribution in [2.24, 2.45) is 5.92 Å². The van der Waals surface area contributed by atoms with Crippen molar-refractivity contribution < 1.29 is 9.50 Å². The molecule has 152 valence electrons. The minimum atomic E-state index is -1.10. The smallest absolute Gasteiger partial charge is 0.128 e. The first kappa shape index (κ1) is 18.9. The highest BCUT2D eigenvalue weighted by Crippen LogP contribution is 2.46. The van der Waals surface area contributed by atoms with Crippen LogP contribution in [0.4, 0.5) is 4.39 Å². The summed E-state index contributed by atoms with van der Waals surface area (Å²) in [5, 5.41) is 24.2. The first-order chi connectivity index (χ1) is 14.3. The average molecular weight is 402 g/mol. The molecule has 2 aliphatic heterocycles. The molecule has 6 heteroatoms. The molecule has 5 rings (SSSR count). The lowest BCUT2D eigenvalue weighted by Crippen LogP contribution is -2.61. The zero-order chi connectivity index (χ0) is 21.1. The van der Waals surface area contributed by atoms with Crippen molar-refractivity contribution in [3.8, 4) is 17.0 Å². The van der Waals surface area contributed by atoms with Crippen molar-refractivity contribution in [2.45, 2.75) is 37.5 Å². The minimum absolute atomic E-state index is 0.113. The number of fused-ring (bicyclic) bond motifs is 3. The molecule has 1 saturated heterocycles. The predicted molar refractivity (Wildman–Crippen MR) is 116 cm³/mol. The molecule has 2 aliphatic rings. The maximum absolute atomic E-state index is 15.3. The van der Waals surface area contributed by atoms with E-state index in [4.69, 9.17) is 0 Å². The first-order valence-electron chi connectivity index (χ1n) is 10.0. The van der Waals surface area contributed by atoms with Gasteiger partial charge in [-0.3, -0.25) is 10.3 Å². The van der Waals surface area contributed by atoms with E-state index in [2.05, 4.69) is 40.1 Å². The van der Waals surface area contributed by atoms with E-state index in [1.54, 1.807) is 30.6 Å². The molecule has 0 unspecified atom stereocenters. The highest BCUT2D eigenvalue weighted by atomic mass is 19.1. The lowest BCUT2D eigenvalue weighted by atomic mass is 9.74. The molecule has 0 radical (unpaired) electrons. The number of aromatic hydroxyl groups is 1. The SMILES string of the molecule is C=C(c1ccc(-c2cc3ccncc3cc2O)nn1)[C@H]1C[C@]2(C)C=C[C@@](C)(N2)[C@@H]1F. The topological polar surface area (TPSA) is 70.9 Å². The van der Waals surface area contributed by atoms with E-state index in [0.717, 1.165) is 10.8 Å². The number of hydrogen-bond donors (Lipinski definition) is 2. The number of nitrogens with zero attached hydrogens (tertiary/aromatic N) is 3. The average Bonchev–Trinajstić information content (AvgIpc) is 3.02.